The van der Waals surface area contributed by atoms with Crippen molar-refractivity contribution in [3.05, 3.63) is 40.1 Å². The molecule has 0 N–H and O–H groups in total. The number of hydrogen-bond donors (Lipinski definition) is 0. The molecule has 0 heterocycles. The van der Waals surface area contributed by atoms with Gasteiger partial charge >= 0.3 is 6.16 Å². The highest BCUT2D eigenvalue weighted by molar-refractivity contribution is 5.65. The molecule has 3 rings (SSSR count). The maximum Gasteiger partial charge on any atom is 0.514 e. The normalized spacial score (nSPS) is 26.2. The van der Waals surface area contributed by atoms with Gasteiger partial charge < -0.3 is 9.47 Å². The molecule has 4 nitrogen and oxygen atoms in total. The SMILES string of the molecule is CC(C)(C)OC(=O)Oc1c(C2CC3CC3C2)ccccc1=O. The zero-order valence-electron chi connectivity index (χ0n) is 13.3. The lowest BCUT2D eigenvalue weighted by Crippen LogP contribution is -2.27. The third-order valence-electron chi connectivity index (χ3n) is 4.38. The second-order valence-electron chi connectivity index (χ2n) is 7.36. The standard InChI is InChI=1S/C18H22O4/c1-18(2,3)22-17(20)21-16-14(6-4-5-7-15(16)19)13-9-11-8-12(11)10-13/h4-7,11-13H,8-10H2,1-3H3. The van der Waals surface area contributed by atoms with Crippen molar-refractivity contribution in [1.82, 2.24) is 0 Å². The second kappa shape index (κ2) is 5.41. The van der Waals surface area contributed by atoms with Crippen molar-refractivity contribution in [2.24, 2.45) is 11.8 Å². The summed E-state index contributed by atoms with van der Waals surface area (Å²) >= 11 is 0. The molecule has 2 fully saturated rings. The van der Waals surface area contributed by atoms with Crippen LogP contribution >= 0.6 is 0 Å². The lowest BCUT2D eigenvalue weighted by molar-refractivity contribution is 0.0201. The summed E-state index contributed by atoms with van der Waals surface area (Å²) in [5.41, 5.74) is -0.0776. The summed E-state index contributed by atoms with van der Waals surface area (Å²) in [6.45, 7) is 5.30. The van der Waals surface area contributed by atoms with Crippen molar-refractivity contribution in [1.29, 1.82) is 0 Å². The molecule has 2 atom stereocenters. The summed E-state index contributed by atoms with van der Waals surface area (Å²) < 4.78 is 10.5. The Hall–Kier alpha value is -1.84. The molecule has 118 valence electrons. The molecule has 1 aromatic rings. The van der Waals surface area contributed by atoms with Crippen LogP contribution in [0.2, 0.25) is 0 Å². The predicted octanol–water partition coefficient (Wildman–Crippen LogP) is 3.87. The minimum Gasteiger partial charge on any atom is -0.428 e. The van der Waals surface area contributed by atoms with Crippen LogP contribution in [0.1, 0.15) is 51.5 Å². The highest BCUT2D eigenvalue weighted by Crippen LogP contribution is 2.58. The van der Waals surface area contributed by atoms with Crippen LogP contribution in [0.5, 0.6) is 5.75 Å². The van der Waals surface area contributed by atoms with E-state index in [4.69, 9.17) is 9.47 Å². The van der Waals surface area contributed by atoms with Crippen molar-refractivity contribution >= 4 is 6.16 Å². The Balaban J connectivity index is 1.87. The first-order valence-corrected chi connectivity index (χ1v) is 7.87. The highest BCUT2D eigenvalue weighted by Gasteiger charge is 2.46. The molecule has 0 spiro atoms. The maximum absolute atomic E-state index is 12.3. The fourth-order valence-electron chi connectivity index (χ4n) is 3.35. The maximum atomic E-state index is 12.3. The topological polar surface area (TPSA) is 52.6 Å². The molecule has 0 aliphatic heterocycles. The number of ether oxygens (including phenoxy) is 2. The molecule has 1 aromatic carbocycles. The minimum atomic E-state index is -0.819. The first-order chi connectivity index (χ1) is 10.3. The Morgan fingerprint density at radius 3 is 2.36 bits per heavy atom. The van der Waals surface area contributed by atoms with E-state index in [0.29, 0.717) is 5.92 Å². The average Bonchev–Trinajstić information content (AvgIpc) is 3.05. The van der Waals surface area contributed by atoms with Crippen molar-refractivity contribution in [2.75, 3.05) is 0 Å². The molecule has 2 aliphatic carbocycles. The van der Waals surface area contributed by atoms with E-state index in [9.17, 15) is 9.59 Å². The van der Waals surface area contributed by atoms with Crippen LogP contribution in [-0.4, -0.2) is 11.8 Å². The number of hydrogen-bond acceptors (Lipinski definition) is 4. The zero-order chi connectivity index (χ0) is 15.9. The van der Waals surface area contributed by atoms with Crippen molar-refractivity contribution in [3.8, 4) is 5.75 Å². The molecule has 0 radical (unpaired) electrons. The van der Waals surface area contributed by atoms with Gasteiger partial charge in [-0.05, 0) is 63.9 Å². The Morgan fingerprint density at radius 2 is 1.73 bits per heavy atom. The lowest BCUT2D eigenvalue weighted by atomic mass is 9.94. The first-order valence-electron chi connectivity index (χ1n) is 7.87. The van der Waals surface area contributed by atoms with E-state index in [1.165, 1.54) is 12.5 Å². The average molecular weight is 302 g/mol. The van der Waals surface area contributed by atoms with Gasteiger partial charge in [-0.1, -0.05) is 18.2 Å². The van der Waals surface area contributed by atoms with E-state index in [0.717, 1.165) is 30.2 Å². The van der Waals surface area contributed by atoms with Crippen molar-refractivity contribution < 1.29 is 14.3 Å². The highest BCUT2D eigenvalue weighted by atomic mass is 16.7. The quantitative estimate of drug-likeness (QED) is 0.778. The summed E-state index contributed by atoms with van der Waals surface area (Å²) in [6.07, 6.45) is 2.65. The van der Waals surface area contributed by atoms with E-state index >= 15 is 0 Å². The van der Waals surface area contributed by atoms with Crippen LogP contribution < -0.4 is 10.2 Å². The predicted molar refractivity (Wildman–Crippen MR) is 83.1 cm³/mol. The first kappa shape index (κ1) is 15.1. The van der Waals surface area contributed by atoms with Crippen molar-refractivity contribution in [2.45, 2.75) is 51.6 Å². The molecule has 0 saturated heterocycles. The van der Waals surface area contributed by atoms with Crippen LogP contribution in [0.15, 0.2) is 29.1 Å². The molecule has 2 aliphatic rings. The molecule has 22 heavy (non-hydrogen) atoms. The van der Waals surface area contributed by atoms with Crippen LogP contribution in [0, 0.1) is 11.8 Å². The van der Waals surface area contributed by atoms with E-state index in [1.807, 2.05) is 12.1 Å². The van der Waals surface area contributed by atoms with E-state index < -0.39 is 11.8 Å². The lowest BCUT2D eigenvalue weighted by Gasteiger charge is -2.20. The minimum absolute atomic E-state index is 0.130. The summed E-state index contributed by atoms with van der Waals surface area (Å²) in [5, 5.41) is 0. The molecule has 2 unspecified atom stereocenters. The van der Waals surface area contributed by atoms with Gasteiger partial charge in [0.1, 0.15) is 5.60 Å². The molecule has 2 saturated carbocycles. The Bertz CT molecular complexity index is 634. The fraction of sp³-hybridized carbons (Fsp3) is 0.556. The molecule has 0 aromatic heterocycles. The van der Waals surface area contributed by atoms with Crippen molar-refractivity contribution in [3.63, 3.8) is 0 Å². The summed E-state index contributed by atoms with van der Waals surface area (Å²) in [7, 11) is 0. The molecule has 0 amide bonds. The largest absolute Gasteiger partial charge is 0.514 e. The smallest absolute Gasteiger partial charge is 0.428 e. The molecular weight excluding hydrogens is 280 g/mol. The van der Waals surface area contributed by atoms with Crippen LogP contribution in [0.25, 0.3) is 0 Å². The van der Waals surface area contributed by atoms with E-state index in [-0.39, 0.29) is 11.2 Å². The van der Waals surface area contributed by atoms with Crippen LogP contribution in [0.4, 0.5) is 4.79 Å². The Labute approximate surface area is 130 Å². The third-order valence-corrected chi connectivity index (χ3v) is 4.38. The Morgan fingerprint density at radius 1 is 1.09 bits per heavy atom. The van der Waals surface area contributed by atoms with Gasteiger partial charge in [0, 0.05) is 5.56 Å². The van der Waals surface area contributed by atoms with Crippen LogP contribution in [0.3, 0.4) is 0 Å². The van der Waals surface area contributed by atoms with Gasteiger partial charge in [-0.3, -0.25) is 4.79 Å². The fourth-order valence-corrected chi connectivity index (χ4v) is 3.35. The zero-order valence-corrected chi connectivity index (χ0v) is 13.3. The summed E-state index contributed by atoms with van der Waals surface area (Å²) in [5.74, 6) is 2.02. The molecule has 0 bridgehead atoms. The summed E-state index contributed by atoms with van der Waals surface area (Å²) in [4.78, 5) is 24.2. The number of carbonyl (C=O) groups excluding carboxylic acids is 1. The second-order valence-corrected chi connectivity index (χ2v) is 7.36. The third kappa shape index (κ3) is 3.32. The number of fused-ring (bicyclic) bond motifs is 1. The monoisotopic (exact) mass is 302 g/mol. The van der Waals surface area contributed by atoms with Gasteiger partial charge in [-0.15, -0.1) is 0 Å². The van der Waals surface area contributed by atoms with E-state index in [1.54, 1.807) is 26.8 Å². The van der Waals surface area contributed by atoms with E-state index in [2.05, 4.69) is 0 Å². The number of carbonyl (C=O) groups is 1. The van der Waals surface area contributed by atoms with Gasteiger partial charge in [0.2, 0.25) is 5.43 Å². The van der Waals surface area contributed by atoms with Gasteiger partial charge in [-0.25, -0.2) is 4.79 Å². The molecule has 4 heteroatoms. The Kier molecular flexibility index (Phi) is 3.71. The van der Waals surface area contributed by atoms with Gasteiger partial charge in [-0.2, -0.15) is 0 Å². The van der Waals surface area contributed by atoms with Gasteiger partial charge in [0.15, 0.2) is 5.75 Å². The summed E-state index contributed by atoms with van der Waals surface area (Å²) in [6, 6.07) is 6.85. The number of rotatable bonds is 2. The van der Waals surface area contributed by atoms with Gasteiger partial charge in [0.25, 0.3) is 0 Å². The van der Waals surface area contributed by atoms with Crippen LogP contribution in [-0.2, 0) is 4.74 Å². The molecular formula is C18H22O4. The van der Waals surface area contributed by atoms with Gasteiger partial charge in [0.05, 0.1) is 0 Å².